The van der Waals surface area contributed by atoms with Crippen molar-refractivity contribution in [2.45, 2.75) is 26.2 Å². The van der Waals surface area contributed by atoms with Crippen LogP contribution in [0.15, 0.2) is 66.9 Å². The molecule has 2 nitrogen and oxygen atoms in total. The maximum absolute atomic E-state index is 12.1. The Hall–Kier alpha value is -2.35. The lowest BCUT2D eigenvalue weighted by atomic mass is 9.86. The Morgan fingerprint density at radius 2 is 1.57 bits per heavy atom. The summed E-state index contributed by atoms with van der Waals surface area (Å²) in [5, 5.41) is 3.08. The maximum atomic E-state index is 12.1. The second kappa shape index (κ2) is 6.40. The third kappa shape index (κ3) is 4.32. The fourth-order valence-electron chi connectivity index (χ4n) is 1.98. The van der Waals surface area contributed by atoms with E-state index in [-0.39, 0.29) is 11.2 Å². The first-order valence-corrected chi connectivity index (χ1v) is 7.10. The number of para-hydroxylation sites is 1. The van der Waals surface area contributed by atoms with Gasteiger partial charge in [-0.05, 0) is 23.1 Å². The van der Waals surface area contributed by atoms with Crippen LogP contribution >= 0.6 is 0 Å². The molecular weight excluding hydrogens is 258 g/mol. The standard InChI is InChI=1S/C19H21NO/c1-19(2,3)16-11-9-15(10-12-16)18(21)13-14-20-17-7-5-4-6-8-17/h4-14,20H,1-3H3. The minimum atomic E-state index is -0.00103. The number of carbonyl (C=O) groups is 1. The maximum Gasteiger partial charge on any atom is 0.187 e. The van der Waals surface area contributed by atoms with Gasteiger partial charge in [0.05, 0.1) is 0 Å². The largest absolute Gasteiger partial charge is 0.362 e. The fourth-order valence-corrected chi connectivity index (χ4v) is 1.98. The van der Waals surface area contributed by atoms with Gasteiger partial charge in [0.15, 0.2) is 5.78 Å². The zero-order valence-electron chi connectivity index (χ0n) is 12.8. The van der Waals surface area contributed by atoms with Gasteiger partial charge in [-0.25, -0.2) is 0 Å². The number of ketones is 1. The van der Waals surface area contributed by atoms with E-state index in [1.165, 1.54) is 5.56 Å². The lowest BCUT2D eigenvalue weighted by Gasteiger charge is -2.18. The third-order valence-corrected chi connectivity index (χ3v) is 3.29. The van der Waals surface area contributed by atoms with Crippen molar-refractivity contribution in [1.82, 2.24) is 0 Å². The number of benzene rings is 2. The molecule has 0 saturated heterocycles. The lowest BCUT2D eigenvalue weighted by Crippen LogP contribution is -2.11. The van der Waals surface area contributed by atoms with E-state index in [4.69, 9.17) is 0 Å². The molecule has 21 heavy (non-hydrogen) atoms. The molecule has 0 atom stereocenters. The molecule has 0 aliphatic heterocycles. The number of carbonyl (C=O) groups excluding carboxylic acids is 1. The lowest BCUT2D eigenvalue weighted by molar-refractivity contribution is 0.104. The van der Waals surface area contributed by atoms with Crippen LogP contribution in [-0.2, 0) is 5.41 Å². The van der Waals surface area contributed by atoms with Gasteiger partial charge >= 0.3 is 0 Å². The highest BCUT2D eigenvalue weighted by Gasteiger charge is 2.13. The van der Waals surface area contributed by atoms with E-state index in [0.29, 0.717) is 5.56 Å². The van der Waals surface area contributed by atoms with Crippen molar-refractivity contribution >= 4 is 11.5 Å². The molecule has 0 spiro atoms. The Bertz CT molecular complexity index is 619. The van der Waals surface area contributed by atoms with Crippen molar-refractivity contribution in [3.63, 3.8) is 0 Å². The molecule has 2 rings (SSSR count). The van der Waals surface area contributed by atoms with Gasteiger partial charge in [0.2, 0.25) is 0 Å². The van der Waals surface area contributed by atoms with Crippen LogP contribution in [0.25, 0.3) is 0 Å². The molecule has 0 unspecified atom stereocenters. The van der Waals surface area contributed by atoms with E-state index in [0.717, 1.165) is 5.69 Å². The van der Waals surface area contributed by atoms with E-state index in [1.54, 1.807) is 12.3 Å². The third-order valence-electron chi connectivity index (χ3n) is 3.29. The van der Waals surface area contributed by atoms with Gasteiger partial charge < -0.3 is 5.32 Å². The van der Waals surface area contributed by atoms with Gasteiger partial charge in [-0.15, -0.1) is 0 Å². The highest BCUT2D eigenvalue weighted by molar-refractivity contribution is 6.04. The van der Waals surface area contributed by atoms with Crippen molar-refractivity contribution in [3.05, 3.63) is 78.0 Å². The first kappa shape index (κ1) is 15.0. The van der Waals surface area contributed by atoms with Crippen molar-refractivity contribution in [2.75, 3.05) is 5.32 Å². The molecule has 0 aromatic heterocycles. The second-order valence-electron chi connectivity index (χ2n) is 6.04. The van der Waals surface area contributed by atoms with Crippen LogP contribution in [0.2, 0.25) is 0 Å². The summed E-state index contributed by atoms with van der Waals surface area (Å²) in [6, 6.07) is 17.6. The molecule has 0 heterocycles. The number of rotatable bonds is 4. The predicted molar refractivity (Wildman–Crippen MR) is 88.7 cm³/mol. The Labute approximate surface area is 126 Å². The van der Waals surface area contributed by atoms with E-state index in [9.17, 15) is 4.79 Å². The van der Waals surface area contributed by atoms with Gasteiger partial charge in [-0.1, -0.05) is 63.2 Å². The molecule has 2 aromatic rings. The molecular formula is C19H21NO. The molecule has 0 radical (unpaired) electrons. The van der Waals surface area contributed by atoms with E-state index in [1.807, 2.05) is 54.6 Å². The zero-order chi connectivity index (χ0) is 15.3. The van der Waals surface area contributed by atoms with Crippen LogP contribution in [0.4, 0.5) is 5.69 Å². The molecule has 0 fully saturated rings. The molecule has 0 amide bonds. The molecule has 0 bridgehead atoms. The van der Waals surface area contributed by atoms with E-state index >= 15 is 0 Å². The Balaban J connectivity index is 2.00. The topological polar surface area (TPSA) is 29.1 Å². The number of allylic oxidation sites excluding steroid dienone is 1. The summed E-state index contributed by atoms with van der Waals surface area (Å²) in [5.74, 6) is -0.00103. The van der Waals surface area contributed by atoms with Gasteiger partial charge in [0.1, 0.15) is 0 Å². The minimum Gasteiger partial charge on any atom is -0.362 e. The van der Waals surface area contributed by atoms with Crippen LogP contribution in [0.5, 0.6) is 0 Å². The average Bonchev–Trinajstić information content (AvgIpc) is 2.47. The minimum absolute atomic E-state index is 0.00103. The Morgan fingerprint density at radius 1 is 0.952 bits per heavy atom. The van der Waals surface area contributed by atoms with E-state index < -0.39 is 0 Å². The van der Waals surface area contributed by atoms with Gasteiger partial charge in [0.25, 0.3) is 0 Å². The van der Waals surface area contributed by atoms with Crippen LogP contribution in [0.3, 0.4) is 0 Å². The van der Waals surface area contributed by atoms with Crippen LogP contribution < -0.4 is 5.32 Å². The van der Waals surface area contributed by atoms with E-state index in [2.05, 4.69) is 26.1 Å². The zero-order valence-corrected chi connectivity index (χ0v) is 12.8. The Kier molecular flexibility index (Phi) is 4.59. The summed E-state index contributed by atoms with van der Waals surface area (Å²) in [7, 11) is 0. The quantitative estimate of drug-likeness (QED) is 0.644. The molecule has 1 N–H and O–H groups in total. The first-order valence-electron chi connectivity index (χ1n) is 7.10. The average molecular weight is 279 g/mol. The number of hydrogen-bond donors (Lipinski definition) is 1. The highest BCUT2D eigenvalue weighted by Crippen LogP contribution is 2.22. The van der Waals surface area contributed by atoms with Gasteiger partial charge in [0, 0.05) is 23.5 Å². The molecule has 2 aromatic carbocycles. The number of hydrogen-bond acceptors (Lipinski definition) is 2. The van der Waals surface area contributed by atoms with Gasteiger partial charge in [-0.2, -0.15) is 0 Å². The van der Waals surface area contributed by atoms with Crippen molar-refractivity contribution in [3.8, 4) is 0 Å². The van der Waals surface area contributed by atoms with Crippen LogP contribution in [-0.4, -0.2) is 5.78 Å². The summed E-state index contributed by atoms with van der Waals surface area (Å²) in [5.41, 5.74) is 3.00. The SMILES string of the molecule is CC(C)(C)c1ccc(C(=O)C=CNc2ccccc2)cc1. The van der Waals surface area contributed by atoms with Crippen molar-refractivity contribution in [1.29, 1.82) is 0 Å². The number of nitrogens with one attached hydrogen (secondary N) is 1. The monoisotopic (exact) mass is 279 g/mol. The predicted octanol–water partition coefficient (Wildman–Crippen LogP) is 4.79. The molecule has 108 valence electrons. The van der Waals surface area contributed by atoms with Crippen molar-refractivity contribution < 1.29 is 4.79 Å². The highest BCUT2D eigenvalue weighted by atomic mass is 16.1. The molecule has 0 aliphatic rings. The molecule has 0 aliphatic carbocycles. The number of anilines is 1. The molecule has 2 heteroatoms. The fraction of sp³-hybridized carbons (Fsp3) is 0.211. The summed E-state index contributed by atoms with van der Waals surface area (Å²) in [6.07, 6.45) is 3.23. The summed E-state index contributed by atoms with van der Waals surface area (Å²) in [6.45, 7) is 6.48. The summed E-state index contributed by atoms with van der Waals surface area (Å²) < 4.78 is 0. The molecule has 0 saturated carbocycles. The summed E-state index contributed by atoms with van der Waals surface area (Å²) >= 11 is 0. The Morgan fingerprint density at radius 3 is 2.14 bits per heavy atom. The van der Waals surface area contributed by atoms with Crippen LogP contribution in [0, 0.1) is 0 Å². The second-order valence-corrected chi connectivity index (χ2v) is 6.04. The van der Waals surface area contributed by atoms with Crippen LogP contribution in [0.1, 0.15) is 36.7 Å². The van der Waals surface area contributed by atoms with Gasteiger partial charge in [-0.3, -0.25) is 4.79 Å². The normalized spacial score (nSPS) is 11.6. The summed E-state index contributed by atoms with van der Waals surface area (Å²) in [4.78, 5) is 12.1. The first-order chi connectivity index (χ1) is 9.97. The van der Waals surface area contributed by atoms with Crippen molar-refractivity contribution in [2.24, 2.45) is 0 Å². The smallest absolute Gasteiger partial charge is 0.187 e.